The van der Waals surface area contributed by atoms with Crippen molar-refractivity contribution in [2.75, 3.05) is 24.7 Å². The van der Waals surface area contributed by atoms with Gasteiger partial charge in [-0.2, -0.15) is 0 Å². The third-order valence-corrected chi connectivity index (χ3v) is 4.79. The van der Waals surface area contributed by atoms with Crippen LogP contribution in [0.15, 0.2) is 29.2 Å². The summed E-state index contributed by atoms with van der Waals surface area (Å²) in [5.41, 5.74) is 0.774. The molecule has 1 saturated heterocycles. The van der Waals surface area contributed by atoms with Crippen molar-refractivity contribution >= 4 is 29.3 Å². The third-order valence-electron chi connectivity index (χ3n) is 4.07. The lowest BCUT2D eigenvalue weighted by Gasteiger charge is -2.34. The second-order valence-corrected chi connectivity index (χ2v) is 6.45. The van der Waals surface area contributed by atoms with Gasteiger partial charge in [0.05, 0.1) is 12.0 Å². The van der Waals surface area contributed by atoms with Crippen LogP contribution in [0.4, 0.5) is 5.69 Å². The summed E-state index contributed by atoms with van der Waals surface area (Å²) >= 11 is 1.62. The summed E-state index contributed by atoms with van der Waals surface area (Å²) in [6.07, 6.45) is 3.50. The number of carbonyl (C=O) groups is 2. The Morgan fingerprint density at radius 1 is 1.45 bits per heavy atom. The van der Waals surface area contributed by atoms with Crippen molar-refractivity contribution in [2.45, 2.75) is 30.7 Å². The van der Waals surface area contributed by atoms with E-state index in [0.717, 1.165) is 23.5 Å². The van der Waals surface area contributed by atoms with Crippen LogP contribution in [0.3, 0.4) is 0 Å². The number of likely N-dealkylation sites (tertiary alicyclic amines) is 1. The summed E-state index contributed by atoms with van der Waals surface area (Å²) < 4.78 is 0. The van der Waals surface area contributed by atoms with Crippen molar-refractivity contribution < 1.29 is 14.7 Å². The van der Waals surface area contributed by atoms with E-state index in [-0.39, 0.29) is 17.9 Å². The molecule has 6 heteroatoms. The zero-order valence-corrected chi connectivity index (χ0v) is 13.7. The summed E-state index contributed by atoms with van der Waals surface area (Å²) in [6, 6.07) is 7.37. The summed E-state index contributed by atoms with van der Waals surface area (Å²) in [5, 5.41) is 12.1. The van der Waals surface area contributed by atoms with E-state index >= 15 is 0 Å². The molecule has 22 heavy (non-hydrogen) atoms. The standard InChI is InChI=1S/C16H22N2O3S/c1-11(18-8-4-5-12(10-18)16(20)21)15(19)17-13-6-3-7-14(9-13)22-2/h3,6-7,9,11-12H,4-5,8,10H2,1-2H3,(H,17,19)(H,20,21). The zero-order chi connectivity index (χ0) is 16.1. The van der Waals surface area contributed by atoms with E-state index in [1.807, 2.05) is 42.3 Å². The maximum absolute atomic E-state index is 12.4. The van der Waals surface area contributed by atoms with Gasteiger partial charge in [-0.3, -0.25) is 14.5 Å². The minimum atomic E-state index is -0.773. The molecule has 2 N–H and O–H groups in total. The van der Waals surface area contributed by atoms with Crippen LogP contribution in [0.1, 0.15) is 19.8 Å². The average molecular weight is 322 g/mol. The number of carboxylic acid groups (broad SMARTS) is 1. The van der Waals surface area contributed by atoms with Crippen LogP contribution in [0, 0.1) is 5.92 Å². The first-order valence-corrected chi connectivity index (χ1v) is 8.65. The molecule has 1 aromatic carbocycles. The number of rotatable bonds is 5. The molecule has 1 fully saturated rings. The molecule has 0 radical (unpaired) electrons. The number of amides is 1. The van der Waals surface area contributed by atoms with Crippen molar-refractivity contribution in [3.63, 3.8) is 0 Å². The highest BCUT2D eigenvalue weighted by atomic mass is 32.2. The van der Waals surface area contributed by atoms with Gasteiger partial charge in [-0.25, -0.2) is 0 Å². The van der Waals surface area contributed by atoms with Gasteiger partial charge in [-0.15, -0.1) is 11.8 Å². The van der Waals surface area contributed by atoms with Crippen molar-refractivity contribution in [2.24, 2.45) is 5.92 Å². The van der Waals surface area contributed by atoms with Crippen LogP contribution < -0.4 is 5.32 Å². The Hall–Kier alpha value is -1.53. The molecule has 2 rings (SSSR count). The second-order valence-electron chi connectivity index (χ2n) is 5.57. The third kappa shape index (κ3) is 4.24. The summed E-state index contributed by atoms with van der Waals surface area (Å²) in [4.78, 5) is 26.6. The van der Waals surface area contributed by atoms with Crippen LogP contribution >= 0.6 is 11.8 Å². The van der Waals surface area contributed by atoms with Gasteiger partial charge in [-0.1, -0.05) is 6.07 Å². The van der Waals surface area contributed by atoms with Gasteiger partial charge < -0.3 is 10.4 Å². The molecule has 0 bridgehead atoms. The van der Waals surface area contributed by atoms with Crippen LogP contribution in [-0.4, -0.2) is 47.3 Å². The first kappa shape index (κ1) is 16.8. The number of piperidine rings is 1. The number of anilines is 1. The number of benzene rings is 1. The van der Waals surface area contributed by atoms with Gasteiger partial charge in [0.1, 0.15) is 0 Å². The normalized spacial score (nSPS) is 20.4. The molecule has 1 aliphatic rings. The number of carboxylic acids is 1. The molecular weight excluding hydrogens is 300 g/mol. The van der Waals surface area contributed by atoms with Crippen LogP contribution in [-0.2, 0) is 9.59 Å². The Bertz CT molecular complexity index is 550. The molecule has 5 nitrogen and oxygen atoms in total. The number of nitrogens with zero attached hydrogens (tertiary/aromatic N) is 1. The van der Waals surface area contributed by atoms with Crippen LogP contribution in [0.5, 0.6) is 0 Å². The molecular formula is C16H22N2O3S. The Balaban J connectivity index is 1.97. The first-order chi connectivity index (χ1) is 10.5. The fourth-order valence-electron chi connectivity index (χ4n) is 2.67. The van der Waals surface area contributed by atoms with E-state index in [4.69, 9.17) is 5.11 Å². The Kier molecular flexibility index (Phi) is 5.85. The minimum absolute atomic E-state index is 0.0932. The largest absolute Gasteiger partial charge is 0.481 e. The van der Waals surface area contributed by atoms with Gasteiger partial charge in [0.2, 0.25) is 5.91 Å². The molecule has 2 atom stereocenters. The smallest absolute Gasteiger partial charge is 0.307 e. The van der Waals surface area contributed by atoms with Crippen LogP contribution in [0.2, 0.25) is 0 Å². The zero-order valence-electron chi connectivity index (χ0n) is 12.9. The molecule has 1 aliphatic heterocycles. The lowest BCUT2D eigenvalue weighted by Crippen LogP contribution is -2.48. The van der Waals surface area contributed by atoms with E-state index in [0.29, 0.717) is 13.0 Å². The predicted molar refractivity (Wildman–Crippen MR) is 88.2 cm³/mol. The van der Waals surface area contributed by atoms with E-state index in [1.165, 1.54) is 0 Å². The molecule has 1 amide bonds. The summed E-state index contributed by atoms with van der Waals surface area (Å²) in [5.74, 6) is -1.24. The maximum atomic E-state index is 12.4. The molecule has 1 aromatic rings. The SMILES string of the molecule is CSc1cccc(NC(=O)C(C)N2CCCC(C(=O)O)C2)c1. The molecule has 2 unspecified atom stereocenters. The first-order valence-electron chi connectivity index (χ1n) is 7.43. The number of aliphatic carboxylic acids is 1. The van der Waals surface area contributed by atoms with Gasteiger partial charge in [0.25, 0.3) is 0 Å². The highest BCUT2D eigenvalue weighted by Gasteiger charge is 2.30. The molecule has 0 aliphatic carbocycles. The molecule has 120 valence electrons. The number of carbonyl (C=O) groups excluding carboxylic acids is 1. The number of hydrogen-bond acceptors (Lipinski definition) is 4. The lowest BCUT2D eigenvalue weighted by molar-refractivity contribution is -0.144. The summed E-state index contributed by atoms with van der Waals surface area (Å²) in [6.45, 7) is 3.04. The van der Waals surface area contributed by atoms with Gasteiger partial charge in [-0.05, 0) is 50.8 Å². The minimum Gasteiger partial charge on any atom is -0.481 e. The number of nitrogens with one attached hydrogen (secondary N) is 1. The molecule has 0 saturated carbocycles. The second kappa shape index (κ2) is 7.65. The Morgan fingerprint density at radius 3 is 2.91 bits per heavy atom. The van der Waals surface area contributed by atoms with Crippen molar-refractivity contribution in [3.8, 4) is 0 Å². The van der Waals surface area contributed by atoms with Crippen molar-refractivity contribution in [1.29, 1.82) is 0 Å². The highest BCUT2D eigenvalue weighted by molar-refractivity contribution is 7.98. The number of thioether (sulfide) groups is 1. The van der Waals surface area contributed by atoms with Crippen molar-refractivity contribution in [3.05, 3.63) is 24.3 Å². The molecule has 0 spiro atoms. The average Bonchev–Trinajstić information content (AvgIpc) is 2.54. The summed E-state index contributed by atoms with van der Waals surface area (Å²) in [7, 11) is 0. The Morgan fingerprint density at radius 2 is 2.23 bits per heavy atom. The van der Waals surface area contributed by atoms with E-state index < -0.39 is 5.97 Å². The monoisotopic (exact) mass is 322 g/mol. The lowest BCUT2D eigenvalue weighted by atomic mass is 9.97. The highest BCUT2D eigenvalue weighted by Crippen LogP contribution is 2.21. The fourth-order valence-corrected chi connectivity index (χ4v) is 3.13. The van der Waals surface area contributed by atoms with Crippen LogP contribution in [0.25, 0.3) is 0 Å². The van der Waals surface area contributed by atoms with Gasteiger partial charge >= 0.3 is 5.97 Å². The molecule has 0 aromatic heterocycles. The quantitative estimate of drug-likeness (QED) is 0.815. The van der Waals surface area contributed by atoms with Crippen molar-refractivity contribution in [1.82, 2.24) is 4.90 Å². The van der Waals surface area contributed by atoms with E-state index in [1.54, 1.807) is 11.8 Å². The number of hydrogen-bond donors (Lipinski definition) is 2. The molecule has 1 heterocycles. The Labute approximate surface area is 135 Å². The topological polar surface area (TPSA) is 69.6 Å². The van der Waals surface area contributed by atoms with E-state index in [2.05, 4.69) is 5.32 Å². The van der Waals surface area contributed by atoms with Gasteiger partial charge in [0.15, 0.2) is 0 Å². The fraction of sp³-hybridized carbons (Fsp3) is 0.500. The van der Waals surface area contributed by atoms with E-state index in [9.17, 15) is 9.59 Å². The maximum Gasteiger partial charge on any atom is 0.307 e. The predicted octanol–water partition coefficient (Wildman–Crippen LogP) is 2.53. The van der Waals surface area contributed by atoms with Gasteiger partial charge in [0, 0.05) is 17.1 Å².